The third-order valence-corrected chi connectivity index (χ3v) is 4.08. The van der Waals surface area contributed by atoms with E-state index in [2.05, 4.69) is 68.4 Å². The molecule has 21 heavy (non-hydrogen) atoms. The van der Waals surface area contributed by atoms with E-state index in [1.807, 2.05) is 30.3 Å². The highest BCUT2D eigenvalue weighted by Gasteiger charge is 2.10. The quantitative estimate of drug-likeness (QED) is 0.452. The summed E-state index contributed by atoms with van der Waals surface area (Å²) in [7, 11) is 0. The summed E-state index contributed by atoms with van der Waals surface area (Å²) < 4.78 is 8.06. The zero-order valence-corrected chi connectivity index (χ0v) is 15.6. The first kappa shape index (κ1) is 16.6. The van der Waals surface area contributed by atoms with Gasteiger partial charge in [-0.25, -0.2) is 5.43 Å². The van der Waals surface area contributed by atoms with Crippen molar-refractivity contribution in [1.29, 1.82) is 0 Å². The molecule has 5 heteroatoms. The summed E-state index contributed by atoms with van der Waals surface area (Å²) in [6, 6.07) is 14.2. The van der Waals surface area contributed by atoms with Gasteiger partial charge >= 0.3 is 0 Å². The standard InChI is InChI=1S/C16H18BrIN2O/c1-2-8-21-16-12(9-13(17)10-15(16)18)11-19-20-14-6-4-3-5-7-14/h3-7,9-10,19-20H,2,8,11H2,1H3. The third kappa shape index (κ3) is 5.16. The minimum Gasteiger partial charge on any atom is -0.492 e. The highest BCUT2D eigenvalue weighted by atomic mass is 127. The van der Waals surface area contributed by atoms with E-state index in [1.165, 1.54) is 0 Å². The molecular formula is C16H18BrIN2O. The maximum Gasteiger partial charge on any atom is 0.137 e. The molecule has 2 aromatic rings. The van der Waals surface area contributed by atoms with Crippen molar-refractivity contribution in [2.75, 3.05) is 12.0 Å². The summed E-state index contributed by atoms with van der Waals surface area (Å²) in [5.41, 5.74) is 8.60. The fraction of sp³-hybridized carbons (Fsp3) is 0.250. The smallest absolute Gasteiger partial charge is 0.137 e. The Kier molecular flexibility index (Phi) is 6.79. The first-order chi connectivity index (χ1) is 10.2. The lowest BCUT2D eigenvalue weighted by Gasteiger charge is -2.15. The lowest BCUT2D eigenvalue weighted by molar-refractivity contribution is 0.311. The summed E-state index contributed by atoms with van der Waals surface area (Å²) in [5.74, 6) is 0.961. The molecule has 0 aliphatic carbocycles. The maximum absolute atomic E-state index is 5.88. The number of ether oxygens (including phenoxy) is 1. The zero-order chi connectivity index (χ0) is 15.1. The van der Waals surface area contributed by atoms with Crippen molar-refractivity contribution >= 4 is 44.2 Å². The minimum atomic E-state index is 0.684. The zero-order valence-electron chi connectivity index (χ0n) is 11.8. The Bertz CT molecular complexity index is 578. The summed E-state index contributed by atoms with van der Waals surface area (Å²) in [5, 5.41) is 0. The Morgan fingerprint density at radius 3 is 2.67 bits per heavy atom. The number of nitrogens with one attached hydrogen (secondary N) is 2. The predicted octanol–water partition coefficient (Wildman–Crippen LogP) is 4.96. The largest absolute Gasteiger partial charge is 0.492 e. The van der Waals surface area contributed by atoms with Crippen LogP contribution in [0.15, 0.2) is 46.9 Å². The molecule has 0 saturated heterocycles. The Labute approximate surface area is 147 Å². The molecule has 0 atom stereocenters. The number of hydrazine groups is 1. The molecule has 0 radical (unpaired) electrons. The summed E-state index contributed by atoms with van der Waals surface area (Å²) in [6.07, 6.45) is 1.00. The van der Waals surface area contributed by atoms with Gasteiger partial charge in [-0.15, -0.1) is 0 Å². The number of rotatable bonds is 7. The Morgan fingerprint density at radius 1 is 1.19 bits per heavy atom. The van der Waals surface area contributed by atoms with E-state index >= 15 is 0 Å². The van der Waals surface area contributed by atoms with Crippen LogP contribution in [0.1, 0.15) is 18.9 Å². The van der Waals surface area contributed by atoms with E-state index in [4.69, 9.17) is 4.74 Å². The van der Waals surface area contributed by atoms with Crippen LogP contribution >= 0.6 is 38.5 Å². The molecule has 2 rings (SSSR count). The number of benzene rings is 2. The van der Waals surface area contributed by atoms with Gasteiger partial charge in [-0.2, -0.15) is 0 Å². The molecule has 2 aromatic carbocycles. The average molecular weight is 461 g/mol. The molecule has 0 unspecified atom stereocenters. The monoisotopic (exact) mass is 460 g/mol. The highest BCUT2D eigenvalue weighted by Crippen LogP contribution is 2.30. The van der Waals surface area contributed by atoms with E-state index in [9.17, 15) is 0 Å². The third-order valence-electron chi connectivity index (χ3n) is 2.82. The van der Waals surface area contributed by atoms with Gasteiger partial charge in [0.1, 0.15) is 5.75 Å². The van der Waals surface area contributed by atoms with Gasteiger partial charge in [0.25, 0.3) is 0 Å². The first-order valence-corrected chi connectivity index (χ1v) is 8.72. The van der Waals surface area contributed by atoms with Gasteiger partial charge in [-0.3, -0.25) is 0 Å². The second-order valence-electron chi connectivity index (χ2n) is 4.57. The molecule has 0 aliphatic heterocycles. The van der Waals surface area contributed by atoms with E-state index in [-0.39, 0.29) is 0 Å². The van der Waals surface area contributed by atoms with Crippen molar-refractivity contribution in [3.63, 3.8) is 0 Å². The van der Waals surface area contributed by atoms with Gasteiger partial charge in [-0.1, -0.05) is 41.1 Å². The van der Waals surface area contributed by atoms with E-state index in [1.54, 1.807) is 0 Å². The molecule has 3 nitrogen and oxygen atoms in total. The van der Waals surface area contributed by atoms with Gasteiger partial charge in [0.15, 0.2) is 0 Å². The maximum atomic E-state index is 5.88. The van der Waals surface area contributed by atoms with Crippen molar-refractivity contribution in [2.24, 2.45) is 0 Å². The highest BCUT2D eigenvalue weighted by molar-refractivity contribution is 14.1. The molecule has 0 aliphatic rings. The molecular weight excluding hydrogens is 443 g/mol. The van der Waals surface area contributed by atoms with Gasteiger partial charge in [0, 0.05) is 22.3 Å². The summed E-state index contributed by atoms with van der Waals surface area (Å²) >= 11 is 5.86. The van der Waals surface area contributed by atoms with Crippen LogP contribution in [-0.2, 0) is 6.54 Å². The van der Waals surface area contributed by atoms with Crippen LogP contribution in [0, 0.1) is 3.57 Å². The van der Waals surface area contributed by atoms with Crippen LogP contribution in [-0.4, -0.2) is 6.61 Å². The van der Waals surface area contributed by atoms with Crippen LogP contribution in [0.4, 0.5) is 5.69 Å². The number of hydrogen-bond donors (Lipinski definition) is 2. The number of halogens is 2. The molecule has 0 amide bonds. The molecule has 0 aromatic heterocycles. The normalized spacial score (nSPS) is 10.4. The summed E-state index contributed by atoms with van der Waals surface area (Å²) in [6.45, 7) is 3.53. The number of para-hydroxylation sites is 1. The molecule has 2 N–H and O–H groups in total. The Morgan fingerprint density at radius 2 is 1.95 bits per heavy atom. The van der Waals surface area contributed by atoms with Crippen LogP contribution < -0.4 is 15.6 Å². The molecule has 0 bridgehead atoms. The summed E-state index contributed by atoms with van der Waals surface area (Å²) in [4.78, 5) is 0. The van der Waals surface area contributed by atoms with Crippen molar-refractivity contribution in [1.82, 2.24) is 5.43 Å². The molecule has 0 saturated carbocycles. The van der Waals surface area contributed by atoms with Crippen LogP contribution in [0.2, 0.25) is 0 Å². The SMILES string of the molecule is CCCOc1c(I)cc(Br)cc1CNNc1ccccc1. The minimum absolute atomic E-state index is 0.684. The van der Waals surface area contributed by atoms with E-state index < -0.39 is 0 Å². The van der Waals surface area contributed by atoms with Gasteiger partial charge in [0.05, 0.1) is 10.2 Å². The Balaban J connectivity index is 2.04. The second kappa shape index (κ2) is 8.60. The van der Waals surface area contributed by atoms with E-state index in [0.29, 0.717) is 6.54 Å². The van der Waals surface area contributed by atoms with Gasteiger partial charge in [0.2, 0.25) is 0 Å². The molecule has 0 fully saturated rings. The van der Waals surface area contributed by atoms with Crippen LogP contribution in [0.25, 0.3) is 0 Å². The topological polar surface area (TPSA) is 33.3 Å². The van der Waals surface area contributed by atoms with E-state index in [0.717, 1.165) is 38.1 Å². The lowest BCUT2D eigenvalue weighted by Crippen LogP contribution is -2.21. The fourth-order valence-corrected chi connectivity index (χ4v) is 3.64. The van der Waals surface area contributed by atoms with Crippen molar-refractivity contribution in [2.45, 2.75) is 19.9 Å². The molecule has 112 valence electrons. The molecule has 0 heterocycles. The number of anilines is 1. The average Bonchev–Trinajstić information content (AvgIpc) is 2.47. The van der Waals surface area contributed by atoms with Gasteiger partial charge in [-0.05, 0) is 53.3 Å². The van der Waals surface area contributed by atoms with Crippen molar-refractivity contribution < 1.29 is 4.74 Å². The Hall–Kier alpha value is -0.790. The van der Waals surface area contributed by atoms with Crippen LogP contribution in [0.3, 0.4) is 0 Å². The predicted molar refractivity (Wildman–Crippen MR) is 99.5 cm³/mol. The fourth-order valence-electron chi connectivity index (χ4n) is 1.87. The van der Waals surface area contributed by atoms with Gasteiger partial charge < -0.3 is 10.2 Å². The van der Waals surface area contributed by atoms with Crippen LogP contribution in [0.5, 0.6) is 5.75 Å². The second-order valence-corrected chi connectivity index (χ2v) is 6.65. The number of hydrogen-bond acceptors (Lipinski definition) is 3. The lowest BCUT2D eigenvalue weighted by atomic mass is 10.2. The first-order valence-electron chi connectivity index (χ1n) is 6.85. The molecule has 0 spiro atoms. The van der Waals surface area contributed by atoms with Crippen molar-refractivity contribution in [3.05, 3.63) is 56.1 Å². The van der Waals surface area contributed by atoms with Crippen molar-refractivity contribution in [3.8, 4) is 5.75 Å².